The van der Waals surface area contributed by atoms with E-state index in [9.17, 15) is 5.11 Å². The zero-order valence-electron chi connectivity index (χ0n) is 12.5. The number of hydrogen-bond donors (Lipinski definition) is 2. The first-order valence-corrected chi connectivity index (χ1v) is 7.89. The Morgan fingerprint density at radius 1 is 1.42 bits per heavy atom. The number of nitrogens with zero attached hydrogens (tertiary/aromatic N) is 1. The Morgan fingerprint density at radius 2 is 2.21 bits per heavy atom. The maximum atomic E-state index is 9.75. The maximum absolute atomic E-state index is 9.75. The highest BCUT2D eigenvalue weighted by Crippen LogP contribution is 2.27. The van der Waals surface area contributed by atoms with Crippen molar-refractivity contribution in [3.63, 3.8) is 0 Å². The summed E-state index contributed by atoms with van der Waals surface area (Å²) in [6.45, 7) is 8.58. The first kappa shape index (κ1) is 15.2. The van der Waals surface area contributed by atoms with Gasteiger partial charge in [-0.1, -0.05) is 6.92 Å². The number of aliphatic hydroxyl groups is 1. The van der Waals surface area contributed by atoms with Gasteiger partial charge in [-0.15, -0.1) is 0 Å². The first-order chi connectivity index (χ1) is 9.19. The quantitative estimate of drug-likeness (QED) is 0.699. The Balaban J connectivity index is 1.74. The van der Waals surface area contributed by atoms with Crippen molar-refractivity contribution >= 4 is 0 Å². The third-order valence-electron chi connectivity index (χ3n) is 4.67. The zero-order valence-corrected chi connectivity index (χ0v) is 12.5. The second-order valence-electron chi connectivity index (χ2n) is 6.27. The van der Waals surface area contributed by atoms with Crippen LogP contribution >= 0.6 is 0 Å². The average Bonchev–Trinajstić information content (AvgIpc) is 3.23. The molecule has 2 N–H and O–H groups in total. The summed E-state index contributed by atoms with van der Waals surface area (Å²) in [5, 5.41) is 13.4. The highest BCUT2D eigenvalue weighted by atomic mass is 16.5. The van der Waals surface area contributed by atoms with Crippen LogP contribution in [0.4, 0.5) is 0 Å². The van der Waals surface area contributed by atoms with Crippen molar-refractivity contribution in [1.29, 1.82) is 0 Å². The van der Waals surface area contributed by atoms with Crippen LogP contribution < -0.4 is 5.32 Å². The van der Waals surface area contributed by atoms with Crippen LogP contribution in [0.1, 0.15) is 46.0 Å². The summed E-state index contributed by atoms with van der Waals surface area (Å²) in [5.74, 6) is 0. The fourth-order valence-electron chi connectivity index (χ4n) is 2.96. The molecule has 1 saturated carbocycles. The topological polar surface area (TPSA) is 44.7 Å². The second kappa shape index (κ2) is 7.02. The summed E-state index contributed by atoms with van der Waals surface area (Å²) in [7, 11) is 0. The van der Waals surface area contributed by atoms with Gasteiger partial charge in [0, 0.05) is 24.2 Å². The molecule has 0 spiro atoms. The molecule has 2 aliphatic rings. The van der Waals surface area contributed by atoms with Crippen LogP contribution in [0.15, 0.2) is 0 Å². The van der Waals surface area contributed by atoms with Crippen molar-refractivity contribution < 1.29 is 9.84 Å². The van der Waals surface area contributed by atoms with Gasteiger partial charge in [-0.05, 0) is 45.6 Å². The van der Waals surface area contributed by atoms with Gasteiger partial charge in [0.1, 0.15) is 0 Å². The SMILES string of the molecule is CCC(CO)(CCCN1CCOCC1C)NC1CC1. The first-order valence-electron chi connectivity index (χ1n) is 7.89. The molecule has 112 valence electrons. The van der Waals surface area contributed by atoms with Crippen LogP contribution in [-0.2, 0) is 4.74 Å². The third-order valence-corrected chi connectivity index (χ3v) is 4.67. The van der Waals surface area contributed by atoms with Crippen LogP contribution in [-0.4, -0.2) is 60.5 Å². The van der Waals surface area contributed by atoms with Crippen molar-refractivity contribution in [3.05, 3.63) is 0 Å². The molecule has 0 aromatic heterocycles. The smallest absolute Gasteiger partial charge is 0.0619 e. The highest BCUT2D eigenvalue weighted by molar-refractivity contribution is 4.94. The van der Waals surface area contributed by atoms with Gasteiger partial charge in [-0.3, -0.25) is 4.90 Å². The lowest BCUT2D eigenvalue weighted by molar-refractivity contribution is -0.00242. The van der Waals surface area contributed by atoms with Crippen molar-refractivity contribution in [2.45, 2.75) is 63.6 Å². The van der Waals surface area contributed by atoms with E-state index in [1.807, 2.05) is 0 Å². The van der Waals surface area contributed by atoms with Crippen LogP contribution in [0.3, 0.4) is 0 Å². The molecular weight excluding hydrogens is 240 g/mol. The van der Waals surface area contributed by atoms with Crippen LogP contribution in [0, 0.1) is 0 Å². The van der Waals surface area contributed by atoms with Crippen molar-refractivity contribution in [1.82, 2.24) is 10.2 Å². The number of ether oxygens (including phenoxy) is 1. The summed E-state index contributed by atoms with van der Waals surface area (Å²) in [4.78, 5) is 2.51. The normalized spacial score (nSPS) is 28.3. The van der Waals surface area contributed by atoms with E-state index < -0.39 is 0 Å². The molecule has 1 heterocycles. The van der Waals surface area contributed by atoms with E-state index in [0.29, 0.717) is 12.1 Å². The molecule has 2 atom stereocenters. The molecule has 1 saturated heterocycles. The Morgan fingerprint density at radius 3 is 2.79 bits per heavy atom. The Kier molecular flexibility index (Phi) is 5.63. The number of nitrogens with one attached hydrogen (secondary N) is 1. The zero-order chi connectivity index (χ0) is 13.7. The number of morpholine rings is 1. The molecular formula is C15H30N2O2. The van der Waals surface area contributed by atoms with E-state index in [4.69, 9.17) is 4.74 Å². The monoisotopic (exact) mass is 270 g/mol. The summed E-state index contributed by atoms with van der Waals surface area (Å²) in [5.41, 5.74) is -0.0449. The van der Waals surface area contributed by atoms with Crippen molar-refractivity contribution in [3.8, 4) is 0 Å². The van der Waals surface area contributed by atoms with Crippen LogP contribution in [0.5, 0.6) is 0 Å². The van der Waals surface area contributed by atoms with Gasteiger partial charge in [0.2, 0.25) is 0 Å². The molecule has 2 fully saturated rings. The molecule has 4 heteroatoms. The summed E-state index contributed by atoms with van der Waals surface area (Å²) in [6, 6.07) is 1.20. The molecule has 4 nitrogen and oxygen atoms in total. The van der Waals surface area contributed by atoms with Gasteiger partial charge in [-0.2, -0.15) is 0 Å². The van der Waals surface area contributed by atoms with Crippen LogP contribution in [0.2, 0.25) is 0 Å². The number of hydrogen-bond acceptors (Lipinski definition) is 4. The lowest BCUT2D eigenvalue weighted by atomic mass is 9.90. The Bertz CT molecular complexity index is 265. The minimum Gasteiger partial charge on any atom is -0.394 e. The van der Waals surface area contributed by atoms with E-state index in [-0.39, 0.29) is 12.1 Å². The maximum Gasteiger partial charge on any atom is 0.0619 e. The lowest BCUT2D eigenvalue weighted by Crippen LogP contribution is -2.50. The number of rotatable bonds is 8. The molecule has 19 heavy (non-hydrogen) atoms. The van der Waals surface area contributed by atoms with Gasteiger partial charge in [-0.25, -0.2) is 0 Å². The van der Waals surface area contributed by atoms with E-state index in [1.165, 1.54) is 12.8 Å². The second-order valence-corrected chi connectivity index (χ2v) is 6.27. The average molecular weight is 270 g/mol. The molecule has 0 aromatic rings. The van der Waals surface area contributed by atoms with Crippen LogP contribution in [0.25, 0.3) is 0 Å². The van der Waals surface area contributed by atoms with Crippen molar-refractivity contribution in [2.75, 3.05) is 32.9 Å². The molecule has 0 radical (unpaired) electrons. The predicted octanol–water partition coefficient (Wildman–Crippen LogP) is 1.38. The third kappa shape index (κ3) is 4.42. The highest BCUT2D eigenvalue weighted by Gasteiger charge is 2.34. The fourth-order valence-corrected chi connectivity index (χ4v) is 2.96. The molecule has 2 rings (SSSR count). The number of aliphatic hydroxyl groups excluding tert-OH is 1. The van der Waals surface area contributed by atoms with E-state index in [2.05, 4.69) is 24.1 Å². The van der Waals surface area contributed by atoms with E-state index >= 15 is 0 Å². The van der Waals surface area contributed by atoms with Gasteiger partial charge in [0.15, 0.2) is 0 Å². The molecule has 0 aromatic carbocycles. The summed E-state index contributed by atoms with van der Waals surface area (Å²) >= 11 is 0. The minimum atomic E-state index is -0.0449. The fraction of sp³-hybridized carbons (Fsp3) is 1.00. The van der Waals surface area contributed by atoms with E-state index in [1.54, 1.807) is 0 Å². The minimum absolute atomic E-state index is 0.0449. The molecule has 1 aliphatic heterocycles. The summed E-state index contributed by atoms with van der Waals surface area (Å²) < 4.78 is 5.47. The molecule has 1 aliphatic carbocycles. The lowest BCUT2D eigenvalue weighted by Gasteiger charge is -2.36. The molecule has 2 unspecified atom stereocenters. The Hall–Kier alpha value is -0.160. The Labute approximate surface area is 117 Å². The van der Waals surface area contributed by atoms with Gasteiger partial charge >= 0.3 is 0 Å². The van der Waals surface area contributed by atoms with E-state index in [0.717, 1.165) is 45.6 Å². The van der Waals surface area contributed by atoms with Gasteiger partial charge < -0.3 is 15.2 Å². The molecule has 0 bridgehead atoms. The standard InChI is InChI=1S/C15H30N2O2/c1-3-15(12-18,16-14-5-6-14)7-4-8-17-9-10-19-11-13(17)2/h13-14,16,18H,3-12H2,1-2H3. The van der Waals surface area contributed by atoms with Gasteiger partial charge in [0.05, 0.1) is 19.8 Å². The van der Waals surface area contributed by atoms with Gasteiger partial charge in [0.25, 0.3) is 0 Å². The largest absolute Gasteiger partial charge is 0.394 e. The predicted molar refractivity (Wildman–Crippen MR) is 77.4 cm³/mol. The van der Waals surface area contributed by atoms with Crippen molar-refractivity contribution in [2.24, 2.45) is 0 Å². The molecule has 0 amide bonds. The summed E-state index contributed by atoms with van der Waals surface area (Å²) in [6.07, 6.45) is 5.79.